The van der Waals surface area contributed by atoms with Gasteiger partial charge in [0, 0.05) is 17.0 Å². The van der Waals surface area contributed by atoms with Crippen molar-refractivity contribution in [2.24, 2.45) is 7.05 Å². The molecule has 0 fully saturated rings. The fourth-order valence-electron chi connectivity index (χ4n) is 8.54. The van der Waals surface area contributed by atoms with E-state index in [1.165, 1.54) is 49.6 Å². The van der Waals surface area contributed by atoms with Crippen LogP contribution in [0.3, 0.4) is 0 Å². The maximum absolute atomic E-state index is 5.00. The summed E-state index contributed by atoms with van der Waals surface area (Å²) < 4.78 is 6.83. The summed E-state index contributed by atoms with van der Waals surface area (Å²) in [5, 5.41) is 2.39. The van der Waals surface area contributed by atoms with Crippen molar-refractivity contribution in [1.82, 2.24) is 14.1 Å². The molecular formula is C50H37N4+. The molecule has 0 saturated carbocycles. The van der Waals surface area contributed by atoms with E-state index in [1.807, 2.05) is 6.20 Å². The van der Waals surface area contributed by atoms with E-state index in [1.54, 1.807) is 0 Å². The quantitative estimate of drug-likeness (QED) is 0.121. The molecule has 256 valence electrons. The maximum atomic E-state index is 5.00. The van der Waals surface area contributed by atoms with Crippen LogP contribution >= 0.6 is 0 Å². The van der Waals surface area contributed by atoms with Crippen LogP contribution in [-0.2, 0) is 12.5 Å². The van der Waals surface area contributed by atoms with E-state index in [2.05, 4.69) is 221 Å². The molecule has 0 radical (unpaired) electrons. The summed E-state index contributed by atoms with van der Waals surface area (Å²) >= 11 is 0. The zero-order valence-electron chi connectivity index (χ0n) is 29.9. The van der Waals surface area contributed by atoms with Crippen LogP contribution < -0.4 is 4.57 Å². The van der Waals surface area contributed by atoms with Crippen LogP contribution in [0.1, 0.15) is 22.3 Å². The first-order valence-corrected chi connectivity index (χ1v) is 18.4. The Hall–Kier alpha value is -7.04. The van der Waals surface area contributed by atoms with E-state index in [4.69, 9.17) is 4.98 Å². The highest BCUT2D eigenvalue weighted by Crippen LogP contribution is 2.47. The predicted molar refractivity (Wildman–Crippen MR) is 220 cm³/mol. The van der Waals surface area contributed by atoms with E-state index in [0.29, 0.717) is 0 Å². The van der Waals surface area contributed by atoms with Crippen LogP contribution in [0.4, 0.5) is 0 Å². The Balaban J connectivity index is 1.28. The predicted octanol–water partition coefficient (Wildman–Crippen LogP) is 11.0. The number of nitrogens with zero attached hydrogens (tertiary/aromatic N) is 4. The highest BCUT2D eigenvalue weighted by Gasteiger charge is 2.39. The molecule has 54 heavy (non-hydrogen) atoms. The molecule has 0 saturated heterocycles. The molecule has 0 amide bonds. The molecular weight excluding hydrogens is 657 g/mol. The standard InChI is InChI=1S/C50H37N4/c1-52-35-53(47-27-14-13-26-46(47)52)42-23-15-22-40(33-42)50(38-18-7-3-8-19-38,39-20-9-4-10-21-39)41-28-29-44-43-24-11-12-25-45(43)54(48(44)34-41)49-32-37(30-31-51-49)36-16-5-2-6-17-36/h2-35H,1H3/q+1. The molecule has 0 aliphatic rings. The number of hydrogen-bond acceptors (Lipinski definition) is 1. The van der Waals surface area contributed by atoms with Crippen LogP contribution in [0.5, 0.6) is 0 Å². The van der Waals surface area contributed by atoms with Gasteiger partial charge in [-0.1, -0.05) is 146 Å². The van der Waals surface area contributed by atoms with Crippen molar-refractivity contribution in [3.8, 4) is 22.6 Å². The fraction of sp³-hybridized carbons (Fsp3) is 0.0400. The smallest absolute Gasteiger partial charge is 0.249 e. The zero-order chi connectivity index (χ0) is 36.1. The molecule has 0 aliphatic carbocycles. The van der Waals surface area contributed by atoms with E-state index in [-0.39, 0.29) is 0 Å². The molecule has 4 nitrogen and oxygen atoms in total. The second-order valence-corrected chi connectivity index (χ2v) is 14.0. The second kappa shape index (κ2) is 12.9. The van der Waals surface area contributed by atoms with Crippen molar-refractivity contribution >= 4 is 32.8 Å². The Kier molecular flexibility index (Phi) is 7.55. The number of aryl methyl sites for hydroxylation is 1. The molecule has 0 aliphatic heterocycles. The monoisotopic (exact) mass is 693 g/mol. The molecule has 10 rings (SSSR count). The molecule has 7 aromatic carbocycles. The molecule has 10 aromatic rings. The van der Waals surface area contributed by atoms with Crippen LogP contribution in [0.2, 0.25) is 0 Å². The average Bonchev–Trinajstić information content (AvgIpc) is 3.77. The number of pyridine rings is 1. The molecule has 0 unspecified atom stereocenters. The third kappa shape index (κ3) is 4.99. The second-order valence-electron chi connectivity index (χ2n) is 14.0. The van der Waals surface area contributed by atoms with Gasteiger partial charge in [-0.05, 0) is 81.9 Å². The van der Waals surface area contributed by atoms with Gasteiger partial charge in [0.1, 0.15) is 11.5 Å². The normalized spacial score (nSPS) is 11.8. The van der Waals surface area contributed by atoms with Crippen molar-refractivity contribution in [2.75, 3.05) is 0 Å². The molecule has 0 spiro atoms. The van der Waals surface area contributed by atoms with E-state index in [0.717, 1.165) is 28.1 Å². The van der Waals surface area contributed by atoms with Gasteiger partial charge >= 0.3 is 0 Å². The lowest BCUT2D eigenvalue weighted by molar-refractivity contribution is -0.645. The number of imidazole rings is 1. The lowest BCUT2D eigenvalue weighted by Crippen LogP contribution is -2.31. The first-order valence-electron chi connectivity index (χ1n) is 18.4. The average molecular weight is 694 g/mol. The number of benzene rings is 7. The van der Waals surface area contributed by atoms with Crippen LogP contribution in [-0.4, -0.2) is 14.1 Å². The summed E-state index contributed by atoms with van der Waals surface area (Å²) in [6.07, 6.45) is 4.11. The van der Waals surface area contributed by atoms with Crippen molar-refractivity contribution < 1.29 is 4.57 Å². The Morgan fingerprint density at radius 3 is 1.83 bits per heavy atom. The summed E-state index contributed by atoms with van der Waals surface area (Å²) in [5.74, 6) is 0.888. The van der Waals surface area contributed by atoms with Gasteiger partial charge in [0.15, 0.2) is 11.0 Å². The molecule has 3 aromatic heterocycles. The van der Waals surface area contributed by atoms with E-state index < -0.39 is 5.41 Å². The minimum absolute atomic E-state index is 0.654. The highest BCUT2D eigenvalue weighted by atomic mass is 15.1. The molecule has 4 heteroatoms. The fourth-order valence-corrected chi connectivity index (χ4v) is 8.54. The van der Waals surface area contributed by atoms with Gasteiger partial charge in [-0.2, -0.15) is 4.57 Å². The number of para-hydroxylation sites is 3. The summed E-state index contributed by atoms with van der Waals surface area (Å²) in [6.45, 7) is 0. The van der Waals surface area contributed by atoms with Crippen LogP contribution in [0, 0.1) is 0 Å². The highest BCUT2D eigenvalue weighted by molar-refractivity contribution is 6.09. The summed E-state index contributed by atoms with van der Waals surface area (Å²) in [4.78, 5) is 5.00. The van der Waals surface area contributed by atoms with Gasteiger partial charge < -0.3 is 0 Å². The Bertz CT molecular complexity index is 2900. The van der Waals surface area contributed by atoms with E-state index in [9.17, 15) is 0 Å². The first kappa shape index (κ1) is 31.7. The van der Waals surface area contributed by atoms with Crippen molar-refractivity contribution in [2.45, 2.75) is 5.41 Å². The number of rotatable bonds is 7. The van der Waals surface area contributed by atoms with Crippen molar-refractivity contribution in [3.05, 3.63) is 229 Å². The lowest BCUT2D eigenvalue weighted by Gasteiger charge is -2.37. The maximum Gasteiger partial charge on any atom is 0.249 e. The van der Waals surface area contributed by atoms with E-state index >= 15 is 0 Å². The van der Waals surface area contributed by atoms with Crippen molar-refractivity contribution in [3.63, 3.8) is 0 Å². The van der Waals surface area contributed by atoms with Gasteiger partial charge in [0.2, 0.25) is 6.33 Å². The zero-order valence-corrected chi connectivity index (χ0v) is 29.9. The van der Waals surface area contributed by atoms with Gasteiger partial charge in [0.05, 0.1) is 23.5 Å². The first-order chi connectivity index (χ1) is 26.7. The van der Waals surface area contributed by atoms with Crippen LogP contribution in [0.15, 0.2) is 207 Å². The molecule has 3 heterocycles. The number of aromatic nitrogens is 4. The Labute approximate surface area is 314 Å². The summed E-state index contributed by atoms with van der Waals surface area (Å²) in [5.41, 5.74) is 12.1. The minimum Gasteiger partial charge on any atom is -0.294 e. The third-order valence-corrected chi connectivity index (χ3v) is 11.0. The molecule has 0 bridgehead atoms. The largest absolute Gasteiger partial charge is 0.294 e. The summed E-state index contributed by atoms with van der Waals surface area (Å²) in [6, 6.07) is 70.2. The van der Waals surface area contributed by atoms with Gasteiger partial charge in [0.25, 0.3) is 0 Å². The van der Waals surface area contributed by atoms with Crippen molar-refractivity contribution in [1.29, 1.82) is 0 Å². The van der Waals surface area contributed by atoms with Gasteiger partial charge in [-0.3, -0.25) is 4.57 Å². The number of fused-ring (bicyclic) bond motifs is 4. The van der Waals surface area contributed by atoms with Gasteiger partial charge in [-0.25, -0.2) is 9.55 Å². The Morgan fingerprint density at radius 1 is 0.463 bits per heavy atom. The van der Waals surface area contributed by atoms with Crippen LogP contribution in [0.25, 0.3) is 55.5 Å². The van der Waals surface area contributed by atoms with Gasteiger partial charge in [-0.15, -0.1) is 0 Å². The number of hydrogen-bond donors (Lipinski definition) is 0. The molecule has 0 atom stereocenters. The summed E-state index contributed by atoms with van der Waals surface area (Å²) in [7, 11) is 2.11. The molecule has 0 N–H and O–H groups in total. The third-order valence-electron chi connectivity index (χ3n) is 11.0. The Morgan fingerprint density at radius 2 is 1.07 bits per heavy atom. The lowest BCUT2D eigenvalue weighted by atomic mass is 9.65. The SMILES string of the molecule is C[n+]1cn(-c2cccc(C(c3ccccc3)(c3ccccc3)c3ccc4c5ccccc5n(-c5cc(-c6ccccc6)ccn5)c4c3)c2)c2ccccc21. The minimum atomic E-state index is -0.654. The topological polar surface area (TPSA) is 26.6 Å².